The number of rotatable bonds is 1. The summed E-state index contributed by atoms with van der Waals surface area (Å²) in [6, 6.07) is 0.862. The van der Waals surface area contributed by atoms with E-state index in [1.165, 1.54) is 30.9 Å². The molecule has 2 atom stereocenters. The first-order chi connectivity index (χ1) is 7.75. The van der Waals surface area contributed by atoms with Gasteiger partial charge in [-0.05, 0) is 32.9 Å². The quantitative estimate of drug-likeness (QED) is 0.765. The molecule has 0 aromatic carbocycles. The van der Waals surface area contributed by atoms with Crippen molar-refractivity contribution in [3.63, 3.8) is 0 Å². The average molecular weight is 220 g/mol. The van der Waals surface area contributed by atoms with E-state index >= 15 is 0 Å². The molecule has 0 saturated carbocycles. The standard InChI is InChI=1S/C12H20N4/c1-15-5-2-3-11(15)12-14-8-10-7-9(13)4-6-16(10)12/h8-9,11H,2-7,13H2,1H3. The van der Waals surface area contributed by atoms with Crippen LogP contribution in [0.1, 0.15) is 36.8 Å². The molecular weight excluding hydrogens is 200 g/mol. The molecule has 3 heterocycles. The number of aromatic nitrogens is 2. The highest BCUT2D eigenvalue weighted by molar-refractivity contribution is 5.13. The minimum Gasteiger partial charge on any atom is -0.331 e. The van der Waals surface area contributed by atoms with Crippen LogP contribution in [0.2, 0.25) is 0 Å². The lowest BCUT2D eigenvalue weighted by atomic mass is 10.1. The molecule has 0 spiro atoms. The smallest absolute Gasteiger partial charge is 0.126 e. The van der Waals surface area contributed by atoms with E-state index in [-0.39, 0.29) is 0 Å². The molecule has 0 radical (unpaired) electrons. The Labute approximate surface area is 96.4 Å². The van der Waals surface area contributed by atoms with Crippen molar-refractivity contribution in [3.8, 4) is 0 Å². The molecule has 1 fully saturated rings. The number of likely N-dealkylation sites (tertiary alicyclic amines) is 1. The van der Waals surface area contributed by atoms with E-state index in [2.05, 4.69) is 21.5 Å². The van der Waals surface area contributed by atoms with Crippen molar-refractivity contribution in [2.75, 3.05) is 13.6 Å². The molecule has 2 aliphatic rings. The Morgan fingerprint density at radius 1 is 1.38 bits per heavy atom. The summed E-state index contributed by atoms with van der Waals surface area (Å²) in [7, 11) is 2.20. The third-order valence-electron chi connectivity index (χ3n) is 3.98. The first-order valence-corrected chi connectivity index (χ1v) is 6.26. The van der Waals surface area contributed by atoms with Crippen molar-refractivity contribution in [1.82, 2.24) is 14.5 Å². The Balaban J connectivity index is 1.91. The summed E-state index contributed by atoms with van der Waals surface area (Å²) in [5.74, 6) is 1.27. The Kier molecular flexibility index (Phi) is 2.48. The second-order valence-corrected chi connectivity index (χ2v) is 5.15. The first-order valence-electron chi connectivity index (χ1n) is 6.26. The van der Waals surface area contributed by atoms with Crippen molar-refractivity contribution in [2.45, 2.75) is 44.3 Å². The SMILES string of the molecule is CN1CCCC1c1ncc2n1CCC(N)C2. The fourth-order valence-electron chi connectivity index (χ4n) is 3.02. The van der Waals surface area contributed by atoms with Crippen LogP contribution < -0.4 is 5.73 Å². The molecule has 2 N–H and O–H groups in total. The Bertz CT molecular complexity index is 384. The lowest BCUT2D eigenvalue weighted by molar-refractivity contribution is 0.293. The molecule has 2 aliphatic heterocycles. The highest BCUT2D eigenvalue weighted by Crippen LogP contribution is 2.31. The van der Waals surface area contributed by atoms with Gasteiger partial charge in [0.05, 0.1) is 6.04 Å². The van der Waals surface area contributed by atoms with E-state index in [0.717, 1.165) is 19.4 Å². The summed E-state index contributed by atoms with van der Waals surface area (Å²) in [6.45, 7) is 2.25. The molecule has 16 heavy (non-hydrogen) atoms. The van der Waals surface area contributed by atoms with Gasteiger partial charge in [-0.25, -0.2) is 4.98 Å². The number of imidazole rings is 1. The van der Waals surface area contributed by atoms with Gasteiger partial charge in [0.25, 0.3) is 0 Å². The van der Waals surface area contributed by atoms with Crippen LogP contribution in [-0.2, 0) is 13.0 Å². The van der Waals surface area contributed by atoms with E-state index < -0.39 is 0 Å². The maximum atomic E-state index is 5.99. The predicted molar refractivity (Wildman–Crippen MR) is 63.1 cm³/mol. The van der Waals surface area contributed by atoms with E-state index in [9.17, 15) is 0 Å². The molecule has 1 saturated heterocycles. The Morgan fingerprint density at radius 3 is 3.00 bits per heavy atom. The van der Waals surface area contributed by atoms with Gasteiger partial charge in [-0.15, -0.1) is 0 Å². The summed E-state index contributed by atoms with van der Waals surface area (Å²) >= 11 is 0. The summed E-state index contributed by atoms with van der Waals surface area (Å²) in [4.78, 5) is 7.05. The minimum atomic E-state index is 0.332. The lowest BCUT2D eigenvalue weighted by Gasteiger charge is -2.25. The van der Waals surface area contributed by atoms with E-state index in [0.29, 0.717) is 12.1 Å². The Morgan fingerprint density at radius 2 is 2.25 bits per heavy atom. The van der Waals surface area contributed by atoms with Gasteiger partial charge >= 0.3 is 0 Å². The number of hydrogen-bond acceptors (Lipinski definition) is 3. The van der Waals surface area contributed by atoms with Gasteiger partial charge in [-0.2, -0.15) is 0 Å². The molecule has 2 unspecified atom stereocenters. The van der Waals surface area contributed by atoms with Gasteiger partial charge in [0.2, 0.25) is 0 Å². The maximum Gasteiger partial charge on any atom is 0.126 e. The number of hydrogen-bond donors (Lipinski definition) is 1. The summed E-state index contributed by atoms with van der Waals surface area (Å²) in [5.41, 5.74) is 7.32. The van der Waals surface area contributed by atoms with E-state index in [1.807, 2.05) is 6.20 Å². The monoisotopic (exact) mass is 220 g/mol. The van der Waals surface area contributed by atoms with Crippen LogP contribution in [0.5, 0.6) is 0 Å². The van der Waals surface area contributed by atoms with Gasteiger partial charge in [-0.3, -0.25) is 4.90 Å². The van der Waals surface area contributed by atoms with Crippen LogP contribution >= 0.6 is 0 Å². The van der Waals surface area contributed by atoms with E-state index in [4.69, 9.17) is 5.73 Å². The normalized spacial score (nSPS) is 30.6. The highest BCUT2D eigenvalue weighted by atomic mass is 15.2. The van der Waals surface area contributed by atoms with Crippen LogP contribution in [0.3, 0.4) is 0 Å². The van der Waals surface area contributed by atoms with Crippen LogP contribution in [0.4, 0.5) is 0 Å². The zero-order chi connectivity index (χ0) is 11.1. The lowest BCUT2D eigenvalue weighted by Crippen LogP contribution is -2.32. The predicted octanol–water partition coefficient (Wildman–Crippen LogP) is 0.923. The topological polar surface area (TPSA) is 47.1 Å². The molecule has 0 aliphatic carbocycles. The van der Waals surface area contributed by atoms with Gasteiger partial charge in [-0.1, -0.05) is 0 Å². The van der Waals surface area contributed by atoms with Gasteiger partial charge < -0.3 is 10.3 Å². The molecule has 3 rings (SSSR count). The van der Waals surface area contributed by atoms with Gasteiger partial charge in [0.1, 0.15) is 5.82 Å². The second kappa shape index (κ2) is 3.86. The van der Waals surface area contributed by atoms with E-state index in [1.54, 1.807) is 0 Å². The summed E-state index contributed by atoms with van der Waals surface area (Å²) in [5, 5.41) is 0. The van der Waals surface area contributed by atoms with Gasteiger partial charge in [0.15, 0.2) is 0 Å². The van der Waals surface area contributed by atoms with Crippen molar-refractivity contribution >= 4 is 0 Å². The fraction of sp³-hybridized carbons (Fsp3) is 0.750. The second-order valence-electron chi connectivity index (χ2n) is 5.15. The minimum absolute atomic E-state index is 0.332. The third kappa shape index (κ3) is 1.57. The molecule has 0 amide bonds. The van der Waals surface area contributed by atoms with Crippen molar-refractivity contribution in [2.24, 2.45) is 5.73 Å². The molecule has 4 heteroatoms. The molecule has 88 valence electrons. The van der Waals surface area contributed by atoms with Crippen LogP contribution in [0.25, 0.3) is 0 Å². The van der Waals surface area contributed by atoms with Crippen molar-refractivity contribution in [3.05, 3.63) is 17.7 Å². The molecular formula is C12H20N4. The number of nitrogens with zero attached hydrogens (tertiary/aromatic N) is 3. The largest absolute Gasteiger partial charge is 0.331 e. The summed E-state index contributed by atoms with van der Waals surface area (Å²) < 4.78 is 2.40. The zero-order valence-electron chi connectivity index (χ0n) is 9.89. The average Bonchev–Trinajstić information content (AvgIpc) is 2.83. The zero-order valence-corrected chi connectivity index (χ0v) is 9.89. The van der Waals surface area contributed by atoms with Crippen molar-refractivity contribution in [1.29, 1.82) is 0 Å². The van der Waals surface area contributed by atoms with Crippen LogP contribution in [0, 0.1) is 0 Å². The van der Waals surface area contributed by atoms with Crippen LogP contribution in [0.15, 0.2) is 6.20 Å². The highest BCUT2D eigenvalue weighted by Gasteiger charge is 2.29. The summed E-state index contributed by atoms with van der Waals surface area (Å²) in [6.07, 6.45) is 6.65. The fourth-order valence-corrected chi connectivity index (χ4v) is 3.02. The molecule has 0 bridgehead atoms. The molecule has 1 aromatic heterocycles. The van der Waals surface area contributed by atoms with Crippen LogP contribution in [-0.4, -0.2) is 34.1 Å². The maximum absolute atomic E-state index is 5.99. The number of nitrogens with two attached hydrogens (primary N) is 1. The Hall–Kier alpha value is -0.870. The molecule has 4 nitrogen and oxygen atoms in total. The van der Waals surface area contributed by atoms with Crippen molar-refractivity contribution < 1.29 is 0 Å². The number of fused-ring (bicyclic) bond motifs is 1. The first kappa shape index (κ1) is 10.3. The molecule has 1 aromatic rings. The third-order valence-corrected chi connectivity index (χ3v) is 3.98. The van der Waals surface area contributed by atoms with Gasteiger partial charge in [0, 0.05) is 30.9 Å².